The third-order valence-corrected chi connectivity index (χ3v) is 6.01. The van der Waals surface area contributed by atoms with E-state index in [1.807, 2.05) is 30.3 Å². The molecule has 0 radical (unpaired) electrons. The van der Waals surface area contributed by atoms with Gasteiger partial charge in [-0.25, -0.2) is 9.97 Å². The molecule has 0 unspecified atom stereocenters. The first-order chi connectivity index (χ1) is 19.0. The van der Waals surface area contributed by atoms with Crippen LogP contribution in [0.15, 0.2) is 66.9 Å². The molecule has 0 atom stereocenters. The summed E-state index contributed by atoms with van der Waals surface area (Å²) in [6, 6.07) is 15.9. The Bertz CT molecular complexity index is 1430. The van der Waals surface area contributed by atoms with Crippen LogP contribution in [0.2, 0.25) is 0 Å². The summed E-state index contributed by atoms with van der Waals surface area (Å²) in [5.74, 6) is 0.0431. The van der Waals surface area contributed by atoms with Gasteiger partial charge in [0.15, 0.2) is 0 Å². The summed E-state index contributed by atoms with van der Waals surface area (Å²) in [6.45, 7) is 3.73. The van der Waals surface area contributed by atoms with E-state index in [1.54, 1.807) is 13.8 Å². The maximum atomic E-state index is 13.9. The highest BCUT2D eigenvalue weighted by Gasteiger charge is 2.34. The molecule has 4 aromatic rings. The van der Waals surface area contributed by atoms with Crippen LogP contribution in [0.25, 0.3) is 11.1 Å². The number of carbonyl (C=O) groups is 1. The maximum absolute atomic E-state index is 13.9. The first kappa shape index (κ1) is 28.8. The number of hydrogen-bond acceptors (Lipinski definition) is 6. The number of rotatable bonds is 11. The molecule has 2 heterocycles. The Labute approximate surface area is 229 Å². The van der Waals surface area contributed by atoms with Crippen LogP contribution in [-0.4, -0.2) is 43.4 Å². The molecule has 40 heavy (non-hydrogen) atoms. The number of H-pyrrole nitrogens is 1. The van der Waals surface area contributed by atoms with Gasteiger partial charge in [-0.2, -0.15) is 13.2 Å². The van der Waals surface area contributed by atoms with E-state index >= 15 is 0 Å². The molecule has 1 amide bonds. The summed E-state index contributed by atoms with van der Waals surface area (Å²) >= 11 is 0. The van der Waals surface area contributed by atoms with Crippen LogP contribution in [0.5, 0.6) is 5.75 Å². The number of carbonyl (C=O) groups excluding carboxylic acids is 1. The third kappa shape index (κ3) is 8.12. The molecule has 8 nitrogen and oxygen atoms in total. The Morgan fingerprint density at radius 2 is 1.82 bits per heavy atom. The minimum Gasteiger partial charge on any atom is -0.494 e. The summed E-state index contributed by atoms with van der Waals surface area (Å²) in [4.78, 5) is 21.0. The van der Waals surface area contributed by atoms with Gasteiger partial charge >= 0.3 is 6.18 Å². The number of pyridine rings is 1. The van der Waals surface area contributed by atoms with Crippen molar-refractivity contribution in [1.82, 2.24) is 20.2 Å². The normalized spacial score (nSPS) is 11.8. The summed E-state index contributed by atoms with van der Waals surface area (Å²) in [7, 11) is 0. The molecule has 4 rings (SSSR count). The summed E-state index contributed by atoms with van der Waals surface area (Å²) in [6.07, 6.45) is -0.909. The minimum atomic E-state index is -4.61. The van der Waals surface area contributed by atoms with E-state index in [0.717, 1.165) is 11.6 Å². The van der Waals surface area contributed by atoms with E-state index in [-0.39, 0.29) is 28.5 Å². The van der Waals surface area contributed by atoms with Gasteiger partial charge in [0.1, 0.15) is 17.4 Å². The molecule has 0 aliphatic rings. The van der Waals surface area contributed by atoms with Crippen LogP contribution in [0.3, 0.4) is 0 Å². The number of amides is 1. The number of alkyl halides is 3. The molecule has 0 saturated heterocycles. The number of benzene rings is 2. The van der Waals surface area contributed by atoms with E-state index in [9.17, 15) is 23.1 Å². The van der Waals surface area contributed by atoms with E-state index in [1.165, 1.54) is 30.5 Å². The van der Waals surface area contributed by atoms with Crippen LogP contribution in [0, 0.1) is 0 Å². The second-order valence-corrected chi connectivity index (χ2v) is 9.98. The van der Waals surface area contributed by atoms with Gasteiger partial charge < -0.3 is 15.2 Å². The molecule has 0 aliphatic heterocycles. The average molecular weight is 554 g/mol. The van der Waals surface area contributed by atoms with Crippen molar-refractivity contribution in [3.63, 3.8) is 0 Å². The highest BCUT2D eigenvalue weighted by molar-refractivity contribution is 6.01. The number of anilines is 1. The van der Waals surface area contributed by atoms with Crippen molar-refractivity contribution in [2.45, 2.75) is 51.3 Å². The maximum Gasteiger partial charge on any atom is 0.417 e. The molecule has 0 spiro atoms. The topological polar surface area (TPSA) is 113 Å². The number of halogens is 3. The van der Waals surface area contributed by atoms with Gasteiger partial charge in [-0.05, 0) is 80.1 Å². The van der Waals surface area contributed by atoms with Gasteiger partial charge in [0, 0.05) is 12.6 Å². The van der Waals surface area contributed by atoms with Crippen molar-refractivity contribution in [2.75, 3.05) is 11.9 Å². The number of ether oxygens (including phenoxy) is 1. The Hall–Kier alpha value is -4.25. The molecule has 0 aliphatic carbocycles. The van der Waals surface area contributed by atoms with Crippen LogP contribution in [0.4, 0.5) is 19.0 Å². The van der Waals surface area contributed by atoms with E-state index in [2.05, 4.69) is 25.5 Å². The zero-order chi connectivity index (χ0) is 28.8. The number of nitrogens with one attached hydrogen (secondary N) is 2. The fourth-order valence-corrected chi connectivity index (χ4v) is 4.05. The summed E-state index contributed by atoms with van der Waals surface area (Å²) in [5, 5.41) is 19.0. The first-order valence-electron chi connectivity index (χ1n) is 12.8. The summed E-state index contributed by atoms with van der Waals surface area (Å²) in [5.41, 5.74) is -0.550. The van der Waals surface area contributed by atoms with Crippen LogP contribution < -0.4 is 10.1 Å². The number of hydrogen-bond donors (Lipinski definition) is 3. The van der Waals surface area contributed by atoms with Gasteiger partial charge in [0.2, 0.25) is 5.82 Å². The van der Waals surface area contributed by atoms with Crippen molar-refractivity contribution in [1.29, 1.82) is 0 Å². The first-order valence-corrected chi connectivity index (χ1v) is 12.8. The molecule has 0 fully saturated rings. The number of aliphatic hydroxyl groups is 1. The van der Waals surface area contributed by atoms with Crippen molar-refractivity contribution < 1.29 is 27.8 Å². The third-order valence-electron chi connectivity index (χ3n) is 6.01. The molecule has 11 heteroatoms. The largest absolute Gasteiger partial charge is 0.494 e. The number of aromatic nitrogens is 4. The van der Waals surface area contributed by atoms with Gasteiger partial charge in [0.25, 0.3) is 5.91 Å². The average Bonchev–Trinajstić information content (AvgIpc) is 3.36. The highest BCUT2D eigenvalue weighted by Crippen LogP contribution is 2.39. The molecule has 210 valence electrons. The Balaban J connectivity index is 1.48. The van der Waals surface area contributed by atoms with Gasteiger partial charge in [-0.3, -0.25) is 9.89 Å². The lowest BCUT2D eigenvalue weighted by Crippen LogP contribution is -2.18. The smallest absolute Gasteiger partial charge is 0.417 e. The SMILES string of the molecule is CC(C)(O)CCCCOc1ccc(C(F)(F)F)c(-c2ccnc(NC(=O)c3n[nH]c(Cc4ccccc4)n3)c2)c1. The number of unbranched alkanes of at least 4 members (excludes halogenated alkanes) is 1. The fourth-order valence-electron chi connectivity index (χ4n) is 4.05. The van der Waals surface area contributed by atoms with Gasteiger partial charge in [-0.15, -0.1) is 5.10 Å². The molecule has 2 aromatic carbocycles. The Morgan fingerprint density at radius 3 is 2.55 bits per heavy atom. The quantitative estimate of drug-likeness (QED) is 0.195. The molecule has 0 bridgehead atoms. The standard InChI is InChI=1S/C29H30F3N5O3/c1-28(2,39)13-6-7-15-40-21-10-11-23(29(30,31)32)22(18-21)20-12-14-33-24(17-20)35-27(38)26-34-25(36-37-26)16-19-8-4-3-5-9-19/h3-5,8-12,14,17-18,39H,6-7,13,15-16H2,1-2H3,(H,33,35,38)(H,34,36,37). The van der Waals surface area contributed by atoms with E-state index in [4.69, 9.17) is 4.74 Å². The molecule has 0 saturated carbocycles. The van der Waals surface area contributed by atoms with Gasteiger partial charge in [-0.1, -0.05) is 30.3 Å². The zero-order valence-corrected chi connectivity index (χ0v) is 22.1. The second-order valence-electron chi connectivity index (χ2n) is 9.98. The lowest BCUT2D eigenvalue weighted by Gasteiger charge is -2.17. The molecular weight excluding hydrogens is 523 g/mol. The lowest BCUT2D eigenvalue weighted by atomic mass is 9.99. The van der Waals surface area contributed by atoms with Crippen LogP contribution in [0.1, 0.15) is 60.7 Å². The summed E-state index contributed by atoms with van der Waals surface area (Å²) < 4.78 is 47.2. The minimum absolute atomic E-state index is 0.0444. The monoisotopic (exact) mass is 553 g/mol. The molecular formula is C29H30F3N5O3. The highest BCUT2D eigenvalue weighted by atomic mass is 19.4. The predicted molar refractivity (Wildman–Crippen MR) is 144 cm³/mol. The van der Waals surface area contributed by atoms with Crippen LogP contribution >= 0.6 is 0 Å². The number of nitrogens with zero attached hydrogens (tertiary/aromatic N) is 3. The Kier molecular flexibility index (Phi) is 8.83. The van der Waals surface area contributed by atoms with Crippen molar-refractivity contribution in [3.05, 3.63) is 89.6 Å². The van der Waals surface area contributed by atoms with Crippen molar-refractivity contribution in [3.8, 4) is 16.9 Å². The van der Waals surface area contributed by atoms with Gasteiger partial charge in [0.05, 0.1) is 17.8 Å². The number of aromatic amines is 1. The van der Waals surface area contributed by atoms with Crippen molar-refractivity contribution >= 4 is 11.7 Å². The molecule has 3 N–H and O–H groups in total. The fraction of sp³-hybridized carbons (Fsp3) is 0.310. The zero-order valence-electron chi connectivity index (χ0n) is 22.1. The lowest BCUT2D eigenvalue weighted by molar-refractivity contribution is -0.137. The second kappa shape index (κ2) is 12.3. The van der Waals surface area contributed by atoms with Crippen LogP contribution in [-0.2, 0) is 12.6 Å². The predicted octanol–water partition coefficient (Wildman–Crippen LogP) is 6.05. The van der Waals surface area contributed by atoms with E-state index < -0.39 is 23.2 Å². The van der Waals surface area contributed by atoms with E-state index in [0.29, 0.717) is 38.1 Å². The van der Waals surface area contributed by atoms with Crippen molar-refractivity contribution in [2.24, 2.45) is 0 Å². The molecule has 2 aromatic heterocycles. The Morgan fingerprint density at radius 1 is 1.05 bits per heavy atom.